The van der Waals surface area contributed by atoms with Crippen LogP contribution in [0.2, 0.25) is 0 Å². The molecular weight excluding hydrogens is 166 g/mol. The van der Waals surface area contributed by atoms with Crippen molar-refractivity contribution in [2.24, 2.45) is 10.8 Å². The number of carbonyl (C=O) groups is 1. The van der Waals surface area contributed by atoms with E-state index in [1.807, 2.05) is 30.3 Å². The van der Waals surface area contributed by atoms with Crippen molar-refractivity contribution in [1.82, 2.24) is 5.43 Å². The van der Waals surface area contributed by atoms with Crippen LogP contribution in [-0.4, -0.2) is 17.7 Å². The summed E-state index contributed by atoms with van der Waals surface area (Å²) in [6.07, 6.45) is 0. The quantitative estimate of drug-likeness (QED) is 0.623. The first-order chi connectivity index (χ1) is 6.29. The first kappa shape index (κ1) is 7.94. The fourth-order valence-electron chi connectivity index (χ4n) is 1.23. The molecule has 4 nitrogen and oxygen atoms in total. The standard InChI is InChI=1S/C9H9N3O/c10-7-8(11-12-9(7)13)6-4-2-1-3-5-6/h1-5,7H,10H2,(H,12,13)/t7-/m0/s1. The number of benzene rings is 1. The summed E-state index contributed by atoms with van der Waals surface area (Å²) in [6, 6.07) is 8.78. The Morgan fingerprint density at radius 2 is 2.00 bits per heavy atom. The second kappa shape index (κ2) is 2.99. The lowest BCUT2D eigenvalue weighted by atomic mass is 10.0. The van der Waals surface area contributed by atoms with E-state index in [1.165, 1.54) is 0 Å². The van der Waals surface area contributed by atoms with Crippen molar-refractivity contribution in [2.75, 3.05) is 0 Å². The molecule has 0 unspecified atom stereocenters. The minimum Gasteiger partial charge on any atom is -0.315 e. The third-order valence-electron chi connectivity index (χ3n) is 1.93. The highest BCUT2D eigenvalue weighted by molar-refractivity contribution is 6.19. The van der Waals surface area contributed by atoms with Crippen LogP contribution in [0.1, 0.15) is 5.56 Å². The van der Waals surface area contributed by atoms with Crippen LogP contribution in [0.3, 0.4) is 0 Å². The monoisotopic (exact) mass is 175 g/mol. The molecule has 0 saturated carbocycles. The van der Waals surface area contributed by atoms with E-state index < -0.39 is 6.04 Å². The lowest BCUT2D eigenvalue weighted by Crippen LogP contribution is -2.37. The van der Waals surface area contributed by atoms with Gasteiger partial charge in [-0.3, -0.25) is 4.79 Å². The van der Waals surface area contributed by atoms with E-state index in [0.29, 0.717) is 5.71 Å². The number of carbonyl (C=O) groups excluding carboxylic acids is 1. The molecule has 1 atom stereocenters. The van der Waals surface area contributed by atoms with E-state index in [9.17, 15) is 4.79 Å². The highest BCUT2D eigenvalue weighted by atomic mass is 16.2. The SMILES string of the molecule is N[C@@H]1C(=O)NN=C1c1ccccc1. The number of hydrazone groups is 1. The fraction of sp³-hybridized carbons (Fsp3) is 0.111. The van der Waals surface area contributed by atoms with Crippen LogP contribution in [0.25, 0.3) is 0 Å². The Bertz CT molecular complexity index is 358. The largest absolute Gasteiger partial charge is 0.315 e. The Morgan fingerprint density at radius 1 is 1.31 bits per heavy atom. The third kappa shape index (κ3) is 1.31. The average molecular weight is 175 g/mol. The Morgan fingerprint density at radius 3 is 2.54 bits per heavy atom. The highest BCUT2D eigenvalue weighted by Gasteiger charge is 2.26. The number of nitrogens with zero attached hydrogens (tertiary/aromatic N) is 1. The van der Waals surface area contributed by atoms with E-state index in [1.54, 1.807) is 0 Å². The van der Waals surface area contributed by atoms with Gasteiger partial charge < -0.3 is 5.73 Å². The Balaban J connectivity index is 2.34. The molecule has 0 saturated heterocycles. The van der Waals surface area contributed by atoms with E-state index in [-0.39, 0.29) is 5.91 Å². The lowest BCUT2D eigenvalue weighted by Gasteiger charge is -2.02. The summed E-state index contributed by atoms with van der Waals surface area (Å²) in [4.78, 5) is 11.0. The van der Waals surface area contributed by atoms with E-state index in [4.69, 9.17) is 5.73 Å². The van der Waals surface area contributed by atoms with Crippen LogP contribution in [0.5, 0.6) is 0 Å². The second-order valence-electron chi connectivity index (χ2n) is 2.82. The number of nitrogens with two attached hydrogens (primary N) is 1. The van der Waals surface area contributed by atoms with Crippen molar-refractivity contribution in [2.45, 2.75) is 6.04 Å². The van der Waals surface area contributed by atoms with Gasteiger partial charge in [-0.2, -0.15) is 5.10 Å². The summed E-state index contributed by atoms with van der Waals surface area (Å²) in [5, 5.41) is 3.86. The molecule has 13 heavy (non-hydrogen) atoms. The van der Waals surface area contributed by atoms with Crippen LogP contribution in [0, 0.1) is 0 Å². The van der Waals surface area contributed by atoms with Gasteiger partial charge in [0.05, 0.1) is 5.71 Å². The van der Waals surface area contributed by atoms with E-state index in [0.717, 1.165) is 5.56 Å². The summed E-state index contributed by atoms with van der Waals surface area (Å²) in [7, 11) is 0. The predicted molar refractivity (Wildman–Crippen MR) is 49.1 cm³/mol. The summed E-state index contributed by atoms with van der Waals surface area (Å²) < 4.78 is 0. The number of hydrogen-bond donors (Lipinski definition) is 2. The molecule has 0 radical (unpaired) electrons. The Kier molecular flexibility index (Phi) is 1.83. The summed E-state index contributed by atoms with van der Waals surface area (Å²) in [5.74, 6) is -0.251. The molecule has 1 amide bonds. The van der Waals surface area contributed by atoms with Crippen LogP contribution in [-0.2, 0) is 4.79 Å². The minimum atomic E-state index is -0.637. The van der Waals surface area contributed by atoms with Crippen molar-refractivity contribution in [3.63, 3.8) is 0 Å². The molecule has 0 aliphatic carbocycles. The van der Waals surface area contributed by atoms with Crippen molar-refractivity contribution < 1.29 is 4.79 Å². The van der Waals surface area contributed by atoms with Gasteiger partial charge in [-0.15, -0.1) is 0 Å². The van der Waals surface area contributed by atoms with Gasteiger partial charge in [0.1, 0.15) is 6.04 Å². The van der Waals surface area contributed by atoms with Gasteiger partial charge in [0, 0.05) is 0 Å². The maximum atomic E-state index is 11.0. The maximum Gasteiger partial charge on any atom is 0.263 e. The Labute approximate surface area is 75.4 Å². The first-order valence-corrected chi connectivity index (χ1v) is 3.97. The molecule has 2 rings (SSSR count). The first-order valence-electron chi connectivity index (χ1n) is 3.97. The fourth-order valence-corrected chi connectivity index (χ4v) is 1.23. The number of nitrogens with one attached hydrogen (secondary N) is 1. The van der Waals surface area contributed by atoms with Crippen LogP contribution >= 0.6 is 0 Å². The smallest absolute Gasteiger partial charge is 0.263 e. The number of rotatable bonds is 1. The molecule has 1 aromatic rings. The lowest BCUT2D eigenvalue weighted by molar-refractivity contribution is -0.120. The molecule has 66 valence electrons. The maximum absolute atomic E-state index is 11.0. The predicted octanol–water partition coefficient (Wildman–Crippen LogP) is -0.152. The average Bonchev–Trinajstić information content (AvgIpc) is 2.49. The minimum absolute atomic E-state index is 0.251. The summed E-state index contributed by atoms with van der Waals surface area (Å²) in [6.45, 7) is 0. The molecule has 0 spiro atoms. The second-order valence-corrected chi connectivity index (χ2v) is 2.82. The molecule has 0 fully saturated rings. The van der Waals surface area contributed by atoms with E-state index in [2.05, 4.69) is 10.5 Å². The van der Waals surface area contributed by atoms with Gasteiger partial charge in [-0.1, -0.05) is 30.3 Å². The molecule has 1 heterocycles. The normalized spacial score (nSPS) is 21.2. The van der Waals surface area contributed by atoms with Crippen LogP contribution < -0.4 is 11.2 Å². The zero-order valence-electron chi connectivity index (χ0n) is 6.90. The van der Waals surface area contributed by atoms with Gasteiger partial charge in [0.15, 0.2) is 0 Å². The molecule has 4 heteroatoms. The van der Waals surface area contributed by atoms with Gasteiger partial charge in [0.2, 0.25) is 0 Å². The van der Waals surface area contributed by atoms with Crippen molar-refractivity contribution >= 4 is 11.6 Å². The van der Waals surface area contributed by atoms with Gasteiger partial charge in [-0.25, -0.2) is 5.43 Å². The van der Waals surface area contributed by atoms with Crippen molar-refractivity contribution in [1.29, 1.82) is 0 Å². The summed E-state index contributed by atoms with van der Waals surface area (Å²) >= 11 is 0. The molecular formula is C9H9N3O. The van der Waals surface area contributed by atoms with Crippen molar-refractivity contribution in [3.8, 4) is 0 Å². The van der Waals surface area contributed by atoms with Crippen LogP contribution in [0.4, 0.5) is 0 Å². The van der Waals surface area contributed by atoms with Gasteiger partial charge >= 0.3 is 0 Å². The topological polar surface area (TPSA) is 67.5 Å². The number of hydrogen-bond acceptors (Lipinski definition) is 3. The number of amides is 1. The zero-order chi connectivity index (χ0) is 9.26. The third-order valence-corrected chi connectivity index (χ3v) is 1.93. The molecule has 0 aromatic heterocycles. The highest BCUT2D eigenvalue weighted by Crippen LogP contribution is 2.06. The van der Waals surface area contributed by atoms with E-state index >= 15 is 0 Å². The molecule has 3 N–H and O–H groups in total. The van der Waals surface area contributed by atoms with Gasteiger partial charge in [0.25, 0.3) is 5.91 Å². The van der Waals surface area contributed by atoms with Crippen molar-refractivity contribution in [3.05, 3.63) is 35.9 Å². The molecule has 1 aliphatic heterocycles. The zero-order valence-corrected chi connectivity index (χ0v) is 6.90. The summed E-state index contributed by atoms with van der Waals surface area (Å²) in [5.41, 5.74) is 9.44. The van der Waals surface area contributed by atoms with Crippen LogP contribution in [0.15, 0.2) is 35.4 Å². The molecule has 1 aliphatic rings. The van der Waals surface area contributed by atoms with Gasteiger partial charge in [-0.05, 0) is 5.56 Å². The molecule has 1 aromatic carbocycles. The molecule has 0 bridgehead atoms. The Hall–Kier alpha value is -1.68.